The molecule has 1 aromatic rings. The molecule has 0 atom stereocenters. The van der Waals surface area contributed by atoms with Gasteiger partial charge in [-0.2, -0.15) is 0 Å². The highest BCUT2D eigenvalue weighted by molar-refractivity contribution is 5.84. The number of rotatable bonds is 2. The van der Waals surface area contributed by atoms with E-state index in [0.29, 0.717) is 0 Å². The lowest BCUT2D eigenvalue weighted by Gasteiger charge is -2.19. The minimum Gasteiger partial charge on any atom is -0.378 e. The first kappa shape index (κ1) is 9.07. The highest BCUT2D eigenvalue weighted by Gasteiger charge is 2.12. The molecule has 0 aliphatic heterocycles. The van der Waals surface area contributed by atoms with Crippen LogP contribution < -0.4 is 4.90 Å². The van der Waals surface area contributed by atoms with E-state index in [-0.39, 0.29) is 0 Å². The van der Waals surface area contributed by atoms with Gasteiger partial charge in [0.2, 0.25) is 0 Å². The van der Waals surface area contributed by atoms with Crippen LogP contribution in [0.25, 0.3) is 5.57 Å². The van der Waals surface area contributed by atoms with Gasteiger partial charge in [-0.25, -0.2) is 0 Å². The molecule has 0 amide bonds. The van der Waals surface area contributed by atoms with Crippen molar-refractivity contribution < 1.29 is 0 Å². The summed E-state index contributed by atoms with van der Waals surface area (Å²) >= 11 is 0. The molecule has 1 aliphatic carbocycles. The molecule has 0 aromatic heterocycles. The van der Waals surface area contributed by atoms with Crippen LogP contribution >= 0.6 is 0 Å². The third-order valence-electron chi connectivity index (χ3n) is 2.63. The van der Waals surface area contributed by atoms with E-state index in [4.69, 9.17) is 0 Å². The van der Waals surface area contributed by atoms with Gasteiger partial charge in [0, 0.05) is 19.8 Å². The van der Waals surface area contributed by atoms with Gasteiger partial charge < -0.3 is 4.90 Å². The summed E-state index contributed by atoms with van der Waals surface area (Å²) in [6.45, 7) is 4.00. The van der Waals surface area contributed by atoms with Crippen LogP contribution in [0.5, 0.6) is 0 Å². The van der Waals surface area contributed by atoms with Crippen LogP contribution in [0.15, 0.2) is 42.5 Å². The summed E-state index contributed by atoms with van der Waals surface area (Å²) in [5, 5.41) is 0. The van der Waals surface area contributed by atoms with Gasteiger partial charge in [-0.3, -0.25) is 0 Å². The van der Waals surface area contributed by atoms with E-state index in [0.717, 1.165) is 6.42 Å². The second kappa shape index (κ2) is 3.33. The van der Waals surface area contributed by atoms with Gasteiger partial charge in [0.05, 0.1) is 0 Å². The largest absolute Gasteiger partial charge is 0.378 e. The van der Waals surface area contributed by atoms with Crippen molar-refractivity contribution in [2.24, 2.45) is 0 Å². The molecule has 0 heterocycles. The quantitative estimate of drug-likeness (QED) is 0.684. The second-order valence-electron chi connectivity index (χ2n) is 3.87. The van der Waals surface area contributed by atoms with Crippen molar-refractivity contribution in [1.29, 1.82) is 0 Å². The number of anilines is 1. The van der Waals surface area contributed by atoms with Gasteiger partial charge in [-0.05, 0) is 35.3 Å². The van der Waals surface area contributed by atoms with Gasteiger partial charge in [0.25, 0.3) is 0 Å². The third-order valence-corrected chi connectivity index (χ3v) is 2.63. The molecule has 72 valence electrons. The summed E-state index contributed by atoms with van der Waals surface area (Å²) in [5.74, 6) is 0. The molecule has 0 unspecified atom stereocenters. The van der Waals surface area contributed by atoms with Crippen molar-refractivity contribution in [3.05, 3.63) is 48.1 Å². The fourth-order valence-electron chi connectivity index (χ4n) is 1.61. The Morgan fingerprint density at radius 1 is 1.14 bits per heavy atom. The third kappa shape index (κ3) is 1.46. The zero-order chi connectivity index (χ0) is 10.1. The molecule has 2 rings (SSSR count). The van der Waals surface area contributed by atoms with Crippen LogP contribution in [0.1, 0.15) is 12.0 Å². The van der Waals surface area contributed by atoms with Gasteiger partial charge >= 0.3 is 0 Å². The highest BCUT2D eigenvalue weighted by atomic mass is 15.1. The van der Waals surface area contributed by atoms with Crippen molar-refractivity contribution in [2.45, 2.75) is 6.42 Å². The first-order chi connectivity index (χ1) is 6.68. The minimum absolute atomic E-state index is 1.05. The second-order valence-corrected chi connectivity index (χ2v) is 3.87. The molecule has 0 bridgehead atoms. The monoisotopic (exact) mass is 185 g/mol. The molecule has 1 heteroatoms. The molecule has 14 heavy (non-hydrogen) atoms. The molecule has 0 fully saturated rings. The van der Waals surface area contributed by atoms with Crippen molar-refractivity contribution in [2.75, 3.05) is 19.0 Å². The number of nitrogens with zero attached hydrogens (tertiary/aromatic N) is 1. The summed E-state index contributed by atoms with van der Waals surface area (Å²) in [6.07, 6.45) is 3.28. The maximum atomic E-state index is 4.00. The van der Waals surface area contributed by atoms with Crippen molar-refractivity contribution in [3.63, 3.8) is 0 Å². The fourth-order valence-corrected chi connectivity index (χ4v) is 1.61. The predicted molar refractivity (Wildman–Crippen MR) is 62.5 cm³/mol. The van der Waals surface area contributed by atoms with Crippen molar-refractivity contribution in [1.82, 2.24) is 0 Å². The Balaban J connectivity index is 2.27. The van der Waals surface area contributed by atoms with E-state index >= 15 is 0 Å². The first-order valence-corrected chi connectivity index (χ1v) is 4.84. The summed E-state index contributed by atoms with van der Waals surface area (Å²) in [6, 6.07) is 8.60. The summed E-state index contributed by atoms with van der Waals surface area (Å²) in [7, 11) is 4.10. The Bertz CT molecular complexity index is 382. The Morgan fingerprint density at radius 2 is 1.79 bits per heavy atom. The number of benzene rings is 1. The highest BCUT2D eigenvalue weighted by Crippen LogP contribution is 2.33. The molecule has 0 N–H and O–H groups in total. The van der Waals surface area contributed by atoms with Crippen molar-refractivity contribution in [3.8, 4) is 0 Å². The number of hydrogen-bond donors (Lipinski definition) is 0. The fraction of sp³-hybridized carbons (Fsp3) is 0.231. The van der Waals surface area contributed by atoms with Gasteiger partial charge in [0.15, 0.2) is 0 Å². The predicted octanol–water partition coefficient (Wildman–Crippen LogP) is 3.10. The number of hydrogen-bond acceptors (Lipinski definition) is 1. The molecule has 0 saturated heterocycles. The topological polar surface area (TPSA) is 3.24 Å². The van der Waals surface area contributed by atoms with Crippen molar-refractivity contribution >= 4 is 11.3 Å². The van der Waals surface area contributed by atoms with E-state index in [1.807, 2.05) is 0 Å². The first-order valence-electron chi connectivity index (χ1n) is 4.84. The number of allylic oxidation sites excluding steroid dienone is 3. The van der Waals surface area contributed by atoms with Crippen LogP contribution in [0.3, 0.4) is 0 Å². The van der Waals surface area contributed by atoms with Crippen LogP contribution in [0.4, 0.5) is 5.69 Å². The average molecular weight is 185 g/mol. The Hall–Kier alpha value is -1.50. The summed E-state index contributed by atoms with van der Waals surface area (Å²) in [4.78, 5) is 2.10. The molecular formula is C13H15N. The molecule has 1 aliphatic rings. The standard InChI is InChI=1S/C13H15N/c1-10-4-9-13(10)11-5-7-12(8-6-11)14(2)3/h5-9H,1,4H2,2-3H3. The zero-order valence-electron chi connectivity index (χ0n) is 8.75. The maximum absolute atomic E-state index is 4.00. The molecule has 0 saturated carbocycles. The smallest absolute Gasteiger partial charge is 0.0361 e. The van der Waals surface area contributed by atoms with Crippen LogP contribution in [-0.4, -0.2) is 14.1 Å². The molecule has 0 spiro atoms. The Kier molecular flexibility index (Phi) is 2.16. The van der Waals surface area contributed by atoms with Gasteiger partial charge in [-0.15, -0.1) is 0 Å². The molecule has 1 nitrogen and oxygen atoms in total. The van der Waals surface area contributed by atoms with Crippen LogP contribution in [-0.2, 0) is 0 Å². The molecule has 1 aromatic carbocycles. The zero-order valence-corrected chi connectivity index (χ0v) is 8.75. The van der Waals surface area contributed by atoms with Crippen LogP contribution in [0, 0.1) is 0 Å². The maximum Gasteiger partial charge on any atom is 0.0361 e. The SMILES string of the molecule is C=C1CC=C1c1ccc(N(C)C)cc1. The Morgan fingerprint density at radius 3 is 2.14 bits per heavy atom. The van der Waals surface area contributed by atoms with Crippen LogP contribution in [0.2, 0.25) is 0 Å². The average Bonchev–Trinajstić information content (AvgIpc) is 2.16. The lowest BCUT2D eigenvalue weighted by molar-refractivity contribution is 1.13. The van der Waals surface area contributed by atoms with Gasteiger partial charge in [0.1, 0.15) is 0 Å². The van der Waals surface area contributed by atoms with E-state index in [1.165, 1.54) is 22.4 Å². The molecular weight excluding hydrogens is 170 g/mol. The lowest BCUT2D eigenvalue weighted by Crippen LogP contribution is -2.08. The summed E-state index contributed by atoms with van der Waals surface area (Å²) < 4.78 is 0. The normalized spacial score (nSPS) is 14.7. The summed E-state index contributed by atoms with van der Waals surface area (Å²) in [5.41, 5.74) is 5.09. The minimum atomic E-state index is 1.05. The lowest BCUT2D eigenvalue weighted by atomic mass is 9.87. The van der Waals surface area contributed by atoms with Gasteiger partial charge in [-0.1, -0.05) is 24.8 Å². The van der Waals surface area contributed by atoms with E-state index < -0.39 is 0 Å². The molecule has 0 radical (unpaired) electrons. The Labute approximate surface area is 85.4 Å². The van der Waals surface area contributed by atoms with E-state index in [2.05, 4.69) is 55.9 Å². The van der Waals surface area contributed by atoms with E-state index in [9.17, 15) is 0 Å². The van der Waals surface area contributed by atoms with E-state index in [1.54, 1.807) is 0 Å².